The van der Waals surface area contributed by atoms with Crippen LogP contribution < -0.4 is 0 Å². The van der Waals surface area contributed by atoms with Crippen molar-refractivity contribution in [1.82, 2.24) is 0 Å². The van der Waals surface area contributed by atoms with Crippen LogP contribution in [0, 0.1) is 11.8 Å². The number of aliphatic hydroxyl groups excluding tert-OH is 2. The normalized spacial score (nSPS) is 58.0. The highest BCUT2D eigenvalue weighted by Crippen LogP contribution is 2.57. The van der Waals surface area contributed by atoms with Crippen LogP contribution in [0.3, 0.4) is 0 Å². The number of epoxide rings is 2. The van der Waals surface area contributed by atoms with Crippen molar-refractivity contribution in [2.75, 3.05) is 0 Å². The largest absolute Gasteiger partial charge is 0.386 e. The zero-order valence-electron chi connectivity index (χ0n) is 15.3. The molecule has 8 nitrogen and oxygen atoms in total. The fourth-order valence-electron chi connectivity index (χ4n) is 6.43. The zero-order valence-corrected chi connectivity index (χ0v) is 15.3. The van der Waals surface area contributed by atoms with Gasteiger partial charge in [-0.1, -0.05) is 0 Å². The van der Waals surface area contributed by atoms with Gasteiger partial charge in [-0.25, -0.2) is 0 Å². The second kappa shape index (κ2) is 4.83. The Bertz CT molecular complexity index is 845. The summed E-state index contributed by atoms with van der Waals surface area (Å²) in [5, 5.41) is 21.8. The predicted octanol–water partition coefficient (Wildman–Crippen LogP) is -1.18. The van der Waals surface area contributed by atoms with E-state index in [1.807, 2.05) is 13.8 Å². The first-order valence-electron chi connectivity index (χ1n) is 9.94. The number of Topliss-reactive ketones (excluding diaryl/α,β-unsaturated/α-hetero) is 2. The summed E-state index contributed by atoms with van der Waals surface area (Å²) in [6, 6.07) is 0. The third-order valence-corrected chi connectivity index (χ3v) is 7.66. The summed E-state index contributed by atoms with van der Waals surface area (Å²) in [5.41, 5.74) is 2.12. The quantitative estimate of drug-likeness (QED) is 0.498. The lowest BCUT2D eigenvalue weighted by atomic mass is 9.60. The molecule has 28 heavy (non-hydrogen) atoms. The van der Waals surface area contributed by atoms with E-state index in [4.69, 9.17) is 18.9 Å². The van der Waals surface area contributed by atoms with E-state index >= 15 is 0 Å². The number of carbonyl (C=O) groups excluding carboxylic acids is 2. The second-order valence-electron chi connectivity index (χ2n) is 8.97. The van der Waals surface area contributed by atoms with Gasteiger partial charge in [0.05, 0.1) is 12.2 Å². The smallest absolute Gasteiger partial charge is 0.190 e. The second-order valence-corrected chi connectivity index (χ2v) is 8.97. The fraction of sp³-hybridized carbons (Fsp3) is 0.700. The zero-order chi connectivity index (χ0) is 19.2. The molecule has 4 aliphatic heterocycles. The molecule has 7 aliphatic rings. The third-order valence-electron chi connectivity index (χ3n) is 7.66. The van der Waals surface area contributed by atoms with E-state index in [1.54, 1.807) is 0 Å². The molecule has 0 spiro atoms. The highest BCUT2D eigenvalue weighted by molar-refractivity contribution is 6.07. The molecule has 0 radical (unpaired) electrons. The van der Waals surface area contributed by atoms with E-state index in [1.165, 1.54) is 0 Å². The molecule has 0 amide bonds. The molecular formula is C20H20O8. The van der Waals surface area contributed by atoms with Gasteiger partial charge in [0.25, 0.3) is 0 Å². The molecule has 0 aromatic heterocycles. The first-order valence-corrected chi connectivity index (χ1v) is 9.94. The molecule has 0 saturated carbocycles. The number of aliphatic hydroxyl groups is 2. The van der Waals surface area contributed by atoms with E-state index in [2.05, 4.69) is 0 Å². The standard InChI is InChI=1S/C20H20O8/c1-3-5-6-4(2)26-16(10-8(6)12(22)18-20(28-18)14(10)24)15(25-3)9-7(5)11(21)17-19(27-17)13(9)23/h3-6,13-20,23-24H,1-2H3/t3?,4?,5-,6-,13-,14-,15-,16+,17-,18-,19+,20+/m0/s1. The number of fused-ring (bicyclic) bond motifs is 4. The molecule has 2 saturated heterocycles. The lowest BCUT2D eigenvalue weighted by Gasteiger charge is -2.55. The van der Waals surface area contributed by atoms with Crippen LogP contribution in [-0.4, -0.2) is 82.8 Å². The molecule has 4 heterocycles. The van der Waals surface area contributed by atoms with Crippen LogP contribution in [-0.2, 0) is 28.5 Å². The van der Waals surface area contributed by atoms with E-state index in [9.17, 15) is 19.8 Å². The Morgan fingerprint density at radius 2 is 1.04 bits per heavy atom. The van der Waals surface area contributed by atoms with Crippen LogP contribution in [0.25, 0.3) is 0 Å². The number of ketones is 2. The lowest BCUT2D eigenvalue weighted by Crippen LogP contribution is -2.62. The number of rotatable bonds is 0. The van der Waals surface area contributed by atoms with Crippen molar-refractivity contribution in [2.45, 2.75) is 74.9 Å². The van der Waals surface area contributed by atoms with Gasteiger partial charge in [-0.05, 0) is 25.0 Å². The number of hydrogen-bond donors (Lipinski definition) is 2. The minimum atomic E-state index is -0.943. The van der Waals surface area contributed by atoms with Crippen LogP contribution in [0.1, 0.15) is 13.8 Å². The van der Waals surface area contributed by atoms with Gasteiger partial charge in [-0.15, -0.1) is 0 Å². The van der Waals surface area contributed by atoms with E-state index in [0.29, 0.717) is 22.3 Å². The van der Waals surface area contributed by atoms with Gasteiger partial charge in [-0.3, -0.25) is 9.59 Å². The highest BCUT2D eigenvalue weighted by Gasteiger charge is 2.68. The van der Waals surface area contributed by atoms with Crippen molar-refractivity contribution in [1.29, 1.82) is 0 Å². The SMILES string of the molecule is CC1O[C@@H]2C3=C(C(=O)[C@@H]4O[C@@H]4[C@H]3O)[C@@H]1[C@H]1C3=C([C@H](O)[C@H]4O[C@H]4C3=O)[C@@H]2OC1C. The summed E-state index contributed by atoms with van der Waals surface area (Å²) in [4.78, 5) is 26.3. The minimum absolute atomic E-state index is 0.110. The molecule has 2 N–H and O–H groups in total. The highest BCUT2D eigenvalue weighted by atomic mass is 16.6. The summed E-state index contributed by atoms with van der Waals surface area (Å²) in [6.45, 7) is 3.80. The summed E-state index contributed by atoms with van der Waals surface area (Å²) in [6.07, 6.45) is -6.30. The summed E-state index contributed by atoms with van der Waals surface area (Å²) >= 11 is 0. The molecule has 8 heteroatoms. The molecule has 12 atom stereocenters. The van der Waals surface area contributed by atoms with Gasteiger partial charge < -0.3 is 29.2 Å². The Balaban J connectivity index is 1.50. The van der Waals surface area contributed by atoms with Gasteiger partial charge >= 0.3 is 0 Å². The Kier molecular flexibility index (Phi) is 2.83. The molecule has 0 aromatic rings. The molecule has 7 rings (SSSR count). The Morgan fingerprint density at radius 3 is 1.43 bits per heavy atom. The van der Waals surface area contributed by atoms with Crippen LogP contribution in [0.5, 0.6) is 0 Å². The van der Waals surface area contributed by atoms with Crippen molar-refractivity contribution in [3.63, 3.8) is 0 Å². The first kappa shape index (κ1) is 16.4. The van der Waals surface area contributed by atoms with Crippen LogP contribution in [0.2, 0.25) is 0 Å². The number of ether oxygens (including phenoxy) is 4. The van der Waals surface area contributed by atoms with Gasteiger partial charge in [0.2, 0.25) is 0 Å². The minimum Gasteiger partial charge on any atom is -0.386 e. The number of hydrogen-bond acceptors (Lipinski definition) is 8. The average molecular weight is 388 g/mol. The summed E-state index contributed by atoms with van der Waals surface area (Å²) in [7, 11) is 0. The number of carbonyl (C=O) groups is 2. The molecule has 148 valence electrons. The van der Waals surface area contributed by atoms with Crippen LogP contribution >= 0.6 is 0 Å². The Hall–Kier alpha value is -1.42. The fourth-order valence-corrected chi connectivity index (χ4v) is 6.43. The van der Waals surface area contributed by atoms with E-state index in [-0.39, 0.29) is 23.8 Å². The molecular weight excluding hydrogens is 368 g/mol. The Labute approximate surface area is 160 Å². The van der Waals surface area contributed by atoms with Crippen molar-refractivity contribution < 1.29 is 38.7 Å². The maximum Gasteiger partial charge on any atom is 0.190 e. The topological polar surface area (TPSA) is 118 Å². The average Bonchev–Trinajstić information content (AvgIpc) is 3.53. The maximum absolute atomic E-state index is 13.1. The monoisotopic (exact) mass is 388 g/mol. The summed E-state index contributed by atoms with van der Waals surface area (Å²) in [5.74, 6) is -1.10. The molecule has 2 unspecified atom stereocenters. The molecule has 4 bridgehead atoms. The molecule has 2 fully saturated rings. The van der Waals surface area contributed by atoms with E-state index < -0.39 is 60.7 Å². The van der Waals surface area contributed by atoms with E-state index in [0.717, 1.165) is 0 Å². The summed E-state index contributed by atoms with van der Waals surface area (Å²) < 4.78 is 23.4. The Morgan fingerprint density at radius 1 is 0.643 bits per heavy atom. The molecule has 3 aliphatic carbocycles. The third kappa shape index (κ3) is 1.67. The maximum atomic E-state index is 13.1. The predicted molar refractivity (Wildman–Crippen MR) is 89.1 cm³/mol. The van der Waals surface area contributed by atoms with Gasteiger partial charge in [0.15, 0.2) is 11.6 Å². The van der Waals surface area contributed by atoms with Crippen molar-refractivity contribution in [2.24, 2.45) is 11.8 Å². The van der Waals surface area contributed by atoms with Crippen LogP contribution in [0.15, 0.2) is 22.3 Å². The molecule has 0 aromatic carbocycles. The lowest BCUT2D eigenvalue weighted by molar-refractivity contribution is -0.177. The van der Waals surface area contributed by atoms with Crippen LogP contribution in [0.4, 0.5) is 0 Å². The van der Waals surface area contributed by atoms with Crippen molar-refractivity contribution >= 4 is 11.6 Å². The van der Waals surface area contributed by atoms with Gasteiger partial charge in [0, 0.05) is 23.0 Å². The first-order chi connectivity index (χ1) is 13.4. The van der Waals surface area contributed by atoms with Gasteiger partial charge in [-0.2, -0.15) is 0 Å². The van der Waals surface area contributed by atoms with Crippen molar-refractivity contribution in [3.8, 4) is 0 Å². The van der Waals surface area contributed by atoms with Gasteiger partial charge in [0.1, 0.15) is 48.8 Å². The van der Waals surface area contributed by atoms with Crippen molar-refractivity contribution in [3.05, 3.63) is 22.3 Å².